The van der Waals surface area contributed by atoms with Crippen molar-refractivity contribution < 1.29 is 4.74 Å². The predicted molar refractivity (Wildman–Crippen MR) is 91.6 cm³/mol. The maximum absolute atomic E-state index is 5.59. The van der Waals surface area contributed by atoms with E-state index in [1.54, 1.807) is 0 Å². The van der Waals surface area contributed by atoms with Gasteiger partial charge in [0.1, 0.15) is 11.6 Å². The van der Waals surface area contributed by atoms with Crippen molar-refractivity contribution in [3.63, 3.8) is 0 Å². The van der Waals surface area contributed by atoms with Crippen molar-refractivity contribution in [2.75, 3.05) is 13.2 Å². The molecule has 1 heterocycles. The van der Waals surface area contributed by atoms with Crippen LogP contribution in [0.2, 0.25) is 0 Å². The fourth-order valence-corrected chi connectivity index (χ4v) is 3.58. The molecule has 0 saturated heterocycles. The zero-order valence-corrected chi connectivity index (χ0v) is 15.4. The molecule has 2 rings (SSSR count). The van der Waals surface area contributed by atoms with E-state index in [1.807, 2.05) is 30.9 Å². The second-order valence-electron chi connectivity index (χ2n) is 4.70. The number of nitrogens with one attached hydrogen (secondary N) is 1. The fraction of sp³-hybridized carbons (Fsp3) is 0.400. The highest BCUT2D eigenvalue weighted by molar-refractivity contribution is 9.11. The van der Waals surface area contributed by atoms with Gasteiger partial charge in [0.15, 0.2) is 0 Å². The average Bonchev–Trinajstić information content (AvgIpc) is 2.84. The molecule has 0 aliphatic carbocycles. The van der Waals surface area contributed by atoms with Gasteiger partial charge in [-0.2, -0.15) is 0 Å². The molecule has 0 spiro atoms. The van der Waals surface area contributed by atoms with Gasteiger partial charge in [0.25, 0.3) is 0 Å². The van der Waals surface area contributed by atoms with E-state index in [4.69, 9.17) is 4.74 Å². The monoisotopic (exact) mass is 415 g/mol. The zero-order valence-electron chi connectivity index (χ0n) is 12.2. The number of aryl methyl sites for hydroxylation is 1. The summed E-state index contributed by atoms with van der Waals surface area (Å²) < 4.78 is 9.58. The Morgan fingerprint density at radius 2 is 2.00 bits per heavy atom. The summed E-state index contributed by atoms with van der Waals surface area (Å²) in [6, 6.07) is 4.17. The number of hydrogen-bond acceptors (Lipinski definition) is 3. The number of rotatable bonds is 7. The molecule has 0 radical (unpaired) electrons. The van der Waals surface area contributed by atoms with E-state index in [9.17, 15) is 0 Å². The standard InChI is InChI=1S/C15H19Br2N3O/c1-3-21-15-12(16)8-11(9-13(15)17)10-18-5-4-14-19-6-7-20(14)2/h6-9,18H,3-5,10H2,1-2H3. The van der Waals surface area contributed by atoms with Gasteiger partial charge in [-0.15, -0.1) is 0 Å². The Hall–Kier alpha value is -0.850. The molecule has 0 aliphatic heterocycles. The average molecular weight is 417 g/mol. The Morgan fingerprint density at radius 1 is 1.29 bits per heavy atom. The van der Waals surface area contributed by atoms with Crippen molar-refractivity contribution in [1.82, 2.24) is 14.9 Å². The number of aromatic nitrogens is 2. The van der Waals surface area contributed by atoms with Crippen LogP contribution in [0.4, 0.5) is 0 Å². The number of nitrogens with zero attached hydrogens (tertiary/aromatic N) is 2. The Kier molecular flexibility index (Phi) is 6.26. The molecule has 0 bridgehead atoms. The summed E-state index contributed by atoms with van der Waals surface area (Å²) in [5.74, 6) is 1.95. The summed E-state index contributed by atoms with van der Waals surface area (Å²) in [7, 11) is 2.02. The molecule has 0 aliphatic rings. The van der Waals surface area contributed by atoms with Crippen molar-refractivity contribution in [3.8, 4) is 5.75 Å². The maximum atomic E-state index is 5.59. The van der Waals surface area contributed by atoms with E-state index in [1.165, 1.54) is 5.56 Å². The SMILES string of the molecule is CCOc1c(Br)cc(CNCCc2nccn2C)cc1Br. The Labute approximate surface area is 142 Å². The topological polar surface area (TPSA) is 39.1 Å². The third-order valence-electron chi connectivity index (χ3n) is 3.12. The minimum atomic E-state index is 0.651. The molecule has 1 aromatic carbocycles. The number of halogens is 2. The van der Waals surface area contributed by atoms with E-state index in [0.717, 1.165) is 40.0 Å². The van der Waals surface area contributed by atoms with Crippen LogP contribution in [0.5, 0.6) is 5.75 Å². The highest BCUT2D eigenvalue weighted by Gasteiger charge is 2.08. The number of benzene rings is 1. The van der Waals surface area contributed by atoms with E-state index in [-0.39, 0.29) is 0 Å². The minimum Gasteiger partial charge on any atom is -0.492 e. The van der Waals surface area contributed by atoms with Crippen LogP contribution in [-0.4, -0.2) is 22.7 Å². The highest BCUT2D eigenvalue weighted by atomic mass is 79.9. The third kappa shape index (κ3) is 4.56. The molecule has 0 unspecified atom stereocenters. The molecule has 6 heteroatoms. The first-order valence-corrected chi connectivity index (χ1v) is 8.48. The van der Waals surface area contributed by atoms with Gasteiger partial charge in [0.05, 0.1) is 15.6 Å². The first kappa shape index (κ1) is 16.5. The molecule has 1 N–H and O–H groups in total. The van der Waals surface area contributed by atoms with Crippen LogP contribution in [0.15, 0.2) is 33.5 Å². The van der Waals surface area contributed by atoms with Gasteiger partial charge in [-0.1, -0.05) is 0 Å². The first-order valence-electron chi connectivity index (χ1n) is 6.89. The van der Waals surface area contributed by atoms with Crippen molar-refractivity contribution in [1.29, 1.82) is 0 Å². The second kappa shape index (κ2) is 7.96. The van der Waals surface area contributed by atoms with Gasteiger partial charge in [-0.3, -0.25) is 0 Å². The lowest BCUT2D eigenvalue weighted by Crippen LogP contribution is -2.18. The van der Waals surface area contributed by atoms with Gasteiger partial charge in [0, 0.05) is 39.0 Å². The van der Waals surface area contributed by atoms with Gasteiger partial charge in [-0.25, -0.2) is 4.98 Å². The molecule has 0 amide bonds. The van der Waals surface area contributed by atoms with Crippen molar-refractivity contribution in [3.05, 3.63) is 44.9 Å². The molecule has 0 saturated carbocycles. The number of ether oxygens (including phenoxy) is 1. The predicted octanol–water partition coefficient (Wildman–Crippen LogP) is 3.68. The molecular formula is C15H19Br2N3O. The normalized spacial score (nSPS) is 10.9. The molecule has 0 fully saturated rings. The number of hydrogen-bond donors (Lipinski definition) is 1. The van der Waals surface area contributed by atoms with Crippen LogP contribution in [0.3, 0.4) is 0 Å². The van der Waals surface area contributed by atoms with Gasteiger partial charge in [0.2, 0.25) is 0 Å². The molecule has 2 aromatic rings. The highest BCUT2D eigenvalue weighted by Crippen LogP contribution is 2.34. The van der Waals surface area contributed by atoms with Crippen molar-refractivity contribution in [2.45, 2.75) is 19.9 Å². The van der Waals surface area contributed by atoms with Crippen LogP contribution >= 0.6 is 31.9 Å². The molecule has 1 aromatic heterocycles. The largest absolute Gasteiger partial charge is 0.492 e. The summed E-state index contributed by atoms with van der Waals surface area (Å²) in [5, 5.41) is 3.44. The van der Waals surface area contributed by atoms with Crippen molar-refractivity contribution in [2.24, 2.45) is 7.05 Å². The maximum Gasteiger partial charge on any atom is 0.147 e. The third-order valence-corrected chi connectivity index (χ3v) is 4.30. The molecule has 4 nitrogen and oxygen atoms in total. The Balaban J connectivity index is 1.87. The van der Waals surface area contributed by atoms with E-state index in [2.05, 4.69) is 54.3 Å². The van der Waals surface area contributed by atoms with Gasteiger partial charge >= 0.3 is 0 Å². The summed E-state index contributed by atoms with van der Waals surface area (Å²) in [4.78, 5) is 4.31. The lowest BCUT2D eigenvalue weighted by Gasteiger charge is -2.11. The zero-order chi connectivity index (χ0) is 15.2. The Morgan fingerprint density at radius 3 is 2.57 bits per heavy atom. The summed E-state index contributed by atoms with van der Waals surface area (Å²) in [6.45, 7) is 4.34. The smallest absolute Gasteiger partial charge is 0.147 e. The summed E-state index contributed by atoms with van der Waals surface area (Å²) in [6.07, 6.45) is 4.72. The van der Waals surface area contributed by atoms with Crippen LogP contribution in [-0.2, 0) is 20.0 Å². The van der Waals surface area contributed by atoms with Crippen LogP contribution in [0.25, 0.3) is 0 Å². The van der Waals surface area contributed by atoms with Gasteiger partial charge < -0.3 is 14.6 Å². The molecule has 114 valence electrons. The van der Waals surface area contributed by atoms with Crippen LogP contribution < -0.4 is 10.1 Å². The van der Waals surface area contributed by atoms with E-state index < -0.39 is 0 Å². The summed E-state index contributed by atoms with van der Waals surface area (Å²) >= 11 is 7.11. The fourth-order valence-electron chi connectivity index (χ4n) is 2.07. The van der Waals surface area contributed by atoms with Crippen LogP contribution in [0, 0.1) is 0 Å². The van der Waals surface area contributed by atoms with Gasteiger partial charge in [-0.05, 0) is 56.5 Å². The summed E-state index contributed by atoms with van der Waals surface area (Å²) in [5.41, 5.74) is 1.21. The molecular weight excluding hydrogens is 398 g/mol. The van der Waals surface area contributed by atoms with Crippen LogP contribution in [0.1, 0.15) is 18.3 Å². The van der Waals surface area contributed by atoms with E-state index >= 15 is 0 Å². The Bertz CT molecular complexity index is 575. The quantitative estimate of drug-likeness (QED) is 0.699. The number of imidazole rings is 1. The second-order valence-corrected chi connectivity index (χ2v) is 6.41. The lowest BCUT2D eigenvalue weighted by molar-refractivity contribution is 0.336. The first-order chi connectivity index (χ1) is 10.1. The van der Waals surface area contributed by atoms with Crippen molar-refractivity contribution >= 4 is 31.9 Å². The molecule has 21 heavy (non-hydrogen) atoms. The molecule has 0 atom stereocenters. The lowest BCUT2D eigenvalue weighted by atomic mass is 10.2. The minimum absolute atomic E-state index is 0.651. The van der Waals surface area contributed by atoms with E-state index in [0.29, 0.717) is 6.61 Å².